The highest BCUT2D eigenvalue weighted by Gasteiger charge is 2.11. The van der Waals surface area contributed by atoms with Gasteiger partial charge in [0.15, 0.2) is 4.77 Å². The van der Waals surface area contributed by atoms with E-state index in [1.165, 1.54) is 12.1 Å². The van der Waals surface area contributed by atoms with Crippen LogP contribution >= 0.6 is 23.8 Å². The van der Waals surface area contributed by atoms with E-state index in [1.807, 2.05) is 0 Å². The van der Waals surface area contributed by atoms with E-state index >= 15 is 0 Å². The molecule has 0 saturated heterocycles. The summed E-state index contributed by atoms with van der Waals surface area (Å²) in [6, 6.07) is 4.48. The highest BCUT2D eigenvalue weighted by Crippen LogP contribution is 2.21. The Morgan fingerprint density at radius 3 is 2.78 bits per heavy atom. The number of hydrogen-bond donors (Lipinski definition) is 2. The number of aromatic amines is 2. The molecule has 0 bridgehead atoms. The molecule has 0 atom stereocenters. The van der Waals surface area contributed by atoms with Crippen LogP contribution in [0.2, 0.25) is 5.02 Å². The Hall–Kier alpha value is -1.46. The van der Waals surface area contributed by atoms with Gasteiger partial charge in [0.25, 0.3) is 5.56 Å². The Morgan fingerprint density at radius 2 is 2.11 bits per heavy atom. The van der Waals surface area contributed by atoms with E-state index in [0.717, 1.165) is 0 Å². The molecule has 0 fully saturated rings. The summed E-state index contributed by atoms with van der Waals surface area (Å²) in [6.45, 7) is 1.65. The van der Waals surface area contributed by atoms with Crippen LogP contribution in [0.4, 0.5) is 4.39 Å². The topological polar surface area (TPSA) is 48.6 Å². The number of nitrogens with one attached hydrogen (secondary N) is 2. The molecule has 0 unspecified atom stereocenters. The largest absolute Gasteiger partial charge is 0.335 e. The van der Waals surface area contributed by atoms with Gasteiger partial charge in [-0.2, -0.15) is 0 Å². The van der Waals surface area contributed by atoms with Crippen molar-refractivity contribution in [2.45, 2.75) is 13.3 Å². The van der Waals surface area contributed by atoms with Gasteiger partial charge in [-0.1, -0.05) is 17.7 Å². The van der Waals surface area contributed by atoms with Gasteiger partial charge in [0.2, 0.25) is 0 Å². The fourth-order valence-corrected chi connectivity index (χ4v) is 2.10. The molecular formula is C12H10ClFN2OS. The molecule has 18 heavy (non-hydrogen) atoms. The zero-order valence-electron chi connectivity index (χ0n) is 9.51. The highest BCUT2D eigenvalue weighted by atomic mass is 35.5. The SMILES string of the molecule is Cc1c(Cc2c(F)cccc2Cl)[nH]c(=S)[nH]c1=O. The molecule has 1 aromatic carbocycles. The predicted molar refractivity (Wildman–Crippen MR) is 71.2 cm³/mol. The van der Waals surface area contributed by atoms with E-state index in [9.17, 15) is 9.18 Å². The highest BCUT2D eigenvalue weighted by molar-refractivity contribution is 7.71. The molecule has 94 valence electrons. The Labute approximate surface area is 113 Å². The van der Waals surface area contributed by atoms with Gasteiger partial charge in [-0.25, -0.2) is 4.39 Å². The second-order valence-corrected chi connectivity index (χ2v) is 4.70. The lowest BCUT2D eigenvalue weighted by Crippen LogP contribution is -2.15. The maximum absolute atomic E-state index is 13.7. The summed E-state index contributed by atoms with van der Waals surface area (Å²) in [5.41, 5.74) is 1.11. The van der Waals surface area contributed by atoms with Crippen molar-refractivity contribution in [3.8, 4) is 0 Å². The molecule has 0 aliphatic heterocycles. The van der Waals surface area contributed by atoms with Gasteiger partial charge in [0.1, 0.15) is 5.82 Å². The molecule has 2 rings (SSSR count). The third-order valence-electron chi connectivity index (χ3n) is 2.70. The van der Waals surface area contributed by atoms with Gasteiger partial charge in [0, 0.05) is 28.3 Å². The van der Waals surface area contributed by atoms with Crippen LogP contribution in [0, 0.1) is 17.5 Å². The zero-order chi connectivity index (χ0) is 13.3. The third-order valence-corrected chi connectivity index (χ3v) is 3.26. The lowest BCUT2D eigenvalue weighted by atomic mass is 10.1. The van der Waals surface area contributed by atoms with Crippen LogP contribution in [0.5, 0.6) is 0 Å². The van der Waals surface area contributed by atoms with E-state index in [0.29, 0.717) is 21.8 Å². The van der Waals surface area contributed by atoms with E-state index in [1.54, 1.807) is 13.0 Å². The fourth-order valence-electron chi connectivity index (χ4n) is 1.65. The molecule has 0 amide bonds. The van der Waals surface area contributed by atoms with Crippen LogP contribution in [-0.2, 0) is 6.42 Å². The van der Waals surface area contributed by atoms with Crippen molar-refractivity contribution in [2.24, 2.45) is 0 Å². The molecule has 0 spiro atoms. The Bertz CT molecular complexity index is 688. The van der Waals surface area contributed by atoms with Crippen LogP contribution in [0.15, 0.2) is 23.0 Å². The summed E-state index contributed by atoms with van der Waals surface area (Å²) < 4.78 is 13.9. The maximum atomic E-state index is 13.7. The summed E-state index contributed by atoms with van der Waals surface area (Å²) in [5, 5.41) is 0.328. The first-order valence-electron chi connectivity index (χ1n) is 5.24. The molecule has 2 aromatic rings. The zero-order valence-corrected chi connectivity index (χ0v) is 11.1. The minimum Gasteiger partial charge on any atom is -0.335 e. The summed E-state index contributed by atoms with van der Waals surface area (Å²) in [5.74, 6) is -0.401. The van der Waals surface area contributed by atoms with Crippen LogP contribution in [-0.4, -0.2) is 9.97 Å². The molecule has 2 N–H and O–H groups in total. The van der Waals surface area contributed by atoms with Crippen molar-refractivity contribution in [3.05, 3.63) is 61.0 Å². The first kappa shape index (κ1) is 13.0. The van der Waals surface area contributed by atoms with Crippen molar-refractivity contribution in [1.82, 2.24) is 9.97 Å². The van der Waals surface area contributed by atoms with Crippen molar-refractivity contribution in [3.63, 3.8) is 0 Å². The molecule has 0 aliphatic carbocycles. The molecular weight excluding hydrogens is 275 g/mol. The molecule has 3 nitrogen and oxygen atoms in total. The van der Waals surface area contributed by atoms with Crippen LogP contribution < -0.4 is 5.56 Å². The summed E-state index contributed by atoms with van der Waals surface area (Å²) in [4.78, 5) is 16.9. The van der Waals surface area contributed by atoms with E-state index in [-0.39, 0.29) is 16.8 Å². The van der Waals surface area contributed by atoms with Crippen LogP contribution in [0.1, 0.15) is 16.8 Å². The van der Waals surface area contributed by atoms with Crippen LogP contribution in [0.3, 0.4) is 0 Å². The Morgan fingerprint density at radius 1 is 1.39 bits per heavy atom. The van der Waals surface area contributed by atoms with Gasteiger partial charge in [-0.15, -0.1) is 0 Å². The first-order valence-corrected chi connectivity index (χ1v) is 6.02. The molecule has 1 aromatic heterocycles. The quantitative estimate of drug-likeness (QED) is 0.833. The molecule has 0 radical (unpaired) electrons. The average molecular weight is 285 g/mol. The number of rotatable bonds is 2. The van der Waals surface area contributed by atoms with Crippen LogP contribution in [0.25, 0.3) is 0 Å². The monoisotopic (exact) mass is 284 g/mol. The van der Waals surface area contributed by atoms with Gasteiger partial charge < -0.3 is 4.98 Å². The first-order chi connectivity index (χ1) is 8.49. The second kappa shape index (κ2) is 5.04. The minimum absolute atomic E-state index is 0.199. The maximum Gasteiger partial charge on any atom is 0.254 e. The Balaban J connectivity index is 2.53. The van der Waals surface area contributed by atoms with Gasteiger partial charge in [-0.05, 0) is 31.3 Å². The number of aromatic nitrogens is 2. The van der Waals surface area contributed by atoms with Crippen molar-refractivity contribution < 1.29 is 4.39 Å². The second-order valence-electron chi connectivity index (χ2n) is 3.89. The number of hydrogen-bond acceptors (Lipinski definition) is 2. The predicted octanol–water partition coefficient (Wildman–Crippen LogP) is 3.12. The third kappa shape index (κ3) is 2.52. The number of H-pyrrole nitrogens is 2. The van der Waals surface area contributed by atoms with E-state index < -0.39 is 5.82 Å². The molecule has 0 aliphatic rings. The minimum atomic E-state index is -0.401. The van der Waals surface area contributed by atoms with Gasteiger partial charge in [0.05, 0.1) is 0 Å². The standard InChI is InChI=1S/C12H10ClFN2OS/c1-6-10(15-12(18)16-11(6)17)5-7-8(13)3-2-4-9(7)14/h2-4H,5H2,1H3,(H2,15,16,17,18). The number of benzene rings is 1. The molecule has 0 saturated carbocycles. The molecule has 6 heteroatoms. The van der Waals surface area contributed by atoms with Crippen molar-refractivity contribution >= 4 is 23.8 Å². The van der Waals surface area contributed by atoms with Crippen molar-refractivity contribution in [2.75, 3.05) is 0 Å². The summed E-state index contributed by atoms with van der Waals surface area (Å²) in [6.07, 6.45) is 0.199. The van der Waals surface area contributed by atoms with Crippen molar-refractivity contribution in [1.29, 1.82) is 0 Å². The molecule has 1 heterocycles. The smallest absolute Gasteiger partial charge is 0.254 e. The lowest BCUT2D eigenvalue weighted by molar-refractivity contribution is 0.613. The fraction of sp³-hybridized carbons (Fsp3) is 0.167. The summed E-state index contributed by atoms with van der Waals surface area (Å²) >= 11 is 10.8. The lowest BCUT2D eigenvalue weighted by Gasteiger charge is -2.08. The summed E-state index contributed by atoms with van der Waals surface area (Å²) in [7, 11) is 0. The number of halogens is 2. The van der Waals surface area contributed by atoms with Gasteiger partial charge in [-0.3, -0.25) is 9.78 Å². The van der Waals surface area contributed by atoms with Gasteiger partial charge >= 0.3 is 0 Å². The van der Waals surface area contributed by atoms with E-state index in [2.05, 4.69) is 9.97 Å². The average Bonchev–Trinajstić information content (AvgIpc) is 2.30. The normalized spacial score (nSPS) is 10.6. The van der Waals surface area contributed by atoms with E-state index in [4.69, 9.17) is 23.8 Å². The Kier molecular flexibility index (Phi) is 3.63.